The van der Waals surface area contributed by atoms with Gasteiger partial charge in [0.05, 0.1) is 0 Å². The van der Waals surface area contributed by atoms with Crippen molar-refractivity contribution in [1.82, 2.24) is 20.0 Å². The zero-order valence-electron chi connectivity index (χ0n) is 27.5. The van der Waals surface area contributed by atoms with Crippen LogP contribution in [0.2, 0.25) is 0 Å². The van der Waals surface area contributed by atoms with Gasteiger partial charge in [-0.1, -0.05) is 0 Å². The molecule has 3 aromatic rings. The van der Waals surface area contributed by atoms with Gasteiger partial charge in [-0.2, -0.15) is 0 Å². The molecule has 4 saturated heterocycles. The molecule has 5 heterocycles. The highest BCUT2D eigenvalue weighted by Gasteiger charge is 2.37. The Hall–Kier alpha value is -4.62. The van der Waals surface area contributed by atoms with Gasteiger partial charge in [-0.25, -0.2) is 0 Å². The minimum absolute atomic E-state index is 0.00510. The SMILES string of the molecule is O=C(C[C@@H]1CCCN1C(=O)[C@@H]1CCCO1)Nc1ccc(-c2nnc(-c3ccc(NC(=O)C[C@@H]4CCCN4C(=O)[C@@H]4CCCO4)cc3)o2)cc1. The Balaban J connectivity index is 0.895. The molecule has 0 bridgehead atoms. The van der Waals surface area contributed by atoms with Crippen LogP contribution < -0.4 is 10.6 Å². The van der Waals surface area contributed by atoms with E-state index in [0.29, 0.717) is 60.6 Å². The first-order chi connectivity index (χ1) is 23.9. The number of nitrogens with zero attached hydrogens (tertiary/aromatic N) is 4. The number of carbonyl (C=O) groups excluding carboxylic acids is 4. The number of ether oxygens (including phenoxy) is 2. The zero-order chi connectivity index (χ0) is 33.7. The average Bonchev–Trinajstić information content (AvgIpc) is 3.95. The average molecular weight is 671 g/mol. The number of hydrogen-bond acceptors (Lipinski definition) is 9. The topological polar surface area (TPSA) is 156 Å². The summed E-state index contributed by atoms with van der Waals surface area (Å²) >= 11 is 0. The van der Waals surface area contributed by atoms with Gasteiger partial charge in [0.25, 0.3) is 11.8 Å². The third-order valence-corrected chi connectivity index (χ3v) is 9.83. The van der Waals surface area contributed by atoms with Crippen LogP contribution in [0.5, 0.6) is 0 Å². The minimum atomic E-state index is -0.371. The summed E-state index contributed by atoms with van der Waals surface area (Å²) in [6.07, 6.45) is 6.41. The summed E-state index contributed by atoms with van der Waals surface area (Å²) in [6, 6.07) is 14.1. The molecular weight excluding hydrogens is 628 g/mol. The zero-order valence-corrected chi connectivity index (χ0v) is 27.5. The summed E-state index contributed by atoms with van der Waals surface area (Å²) in [5, 5.41) is 14.3. The molecular formula is C36H42N6O7. The number of anilines is 2. The molecule has 4 fully saturated rings. The highest BCUT2D eigenvalue weighted by Crippen LogP contribution is 2.29. The fourth-order valence-electron chi connectivity index (χ4n) is 7.29. The van der Waals surface area contributed by atoms with E-state index in [4.69, 9.17) is 13.9 Å². The minimum Gasteiger partial charge on any atom is -0.416 e. The number of nitrogens with one attached hydrogen (secondary N) is 2. The predicted molar refractivity (Wildman–Crippen MR) is 179 cm³/mol. The molecule has 13 heteroatoms. The van der Waals surface area contributed by atoms with Crippen molar-refractivity contribution in [3.8, 4) is 22.9 Å². The van der Waals surface area contributed by atoms with Gasteiger partial charge in [0.1, 0.15) is 12.2 Å². The third kappa shape index (κ3) is 7.67. The first-order valence-corrected chi connectivity index (χ1v) is 17.4. The quantitative estimate of drug-likeness (QED) is 0.319. The number of aromatic nitrogens is 2. The highest BCUT2D eigenvalue weighted by atomic mass is 16.5. The molecule has 4 aliphatic rings. The van der Waals surface area contributed by atoms with E-state index in [0.717, 1.165) is 51.4 Å². The van der Waals surface area contributed by atoms with E-state index in [1.54, 1.807) is 48.5 Å². The van der Waals surface area contributed by atoms with Crippen LogP contribution in [0.1, 0.15) is 64.2 Å². The largest absolute Gasteiger partial charge is 0.416 e. The fraction of sp³-hybridized carbons (Fsp3) is 0.500. The van der Waals surface area contributed by atoms with Crippen molar-refractivity contribution in [2.45, 2.75) is 88.5 Å². The van der Waals surface area contributed by atoms with E-state index in [9.17, 15) is 19.2 Å². The van der Waals surface area contributed by atoms with E-state index in [-0.39, 0.29) is 60.8 Å². The Bertz CT molecular complexity index is 1530. The maximum Gasteiger partial charge on any atom is 0.251 e. The number of likely N-dealkylation sites (tertiary alicyclic amines) is 2. The Kier molecular flexibility index (Phi) is 9.99. The molecule has 4 amide bonds. The molecule has 2 aromatic carbocycles. The van der Waals surface area contributed by atoms with Gasteiger partial charge in [0.2, 0.25) is 23.6 Å². The Labute approximate surface area is 284 Å². The Morgan fingerprint density at radius 1 is 0.612 bits per heavy atom. The molecule has 0 unspecified atom stereocenters. The van der Waals surface area contributed by atoms with Crippen molar-refractivity contribution >= 4 is 35.0 Å². The maximum absolute atomic E-state index is 12.9. The lowest BCUT2D eigenvalue weighted by molar-refractivity contribution is -0.143. The van der Waals surface area contributed by atoms with Gasteiger partial charge in [0, 0.05) is 73.7 Å². The lowest BCUT2D eigenvalue weighted by Gasteiger charge is -2.26. The van der Waals surface area contributed by atoms with Crippen LogP contribution in [-0.2, 0) is 28.7 Å². The van der Waals surface area contributed by atoms with Crippen molar-refractivity contribution in [2.75, 3.05) is 36.9 Å². The van der Waals surface area contributed by atoms with E-state index < -0.39 is 0 Å². The molecule has 258 valence electrons. The van der Waals surface area contributed by atoms with Gasteiger partial charge in [-0.05, 0) is 99.9 Å². The van der Waals surface area contributed by atoms with Crippen LogP contribution in [0, 0.1) is 0 Å². The second kappa shape index (κ2) is 14.9. The summed E-state index contributed by atoms with van der Waals surface area (Å²) in [6.45, 7) is 2.57. The van der Waals surface area contributed by atoms with Gasteiger partial charge < -0.3 is 34.3 Å². The van der Waals surface area contributed by atoms with Crippen LogP contribution in [-0.4, -0.2) is 94.2 Å². The summed E-state index contributed by atoms with van der Waals surface area (Å²) in [4.78, 5) is 55.0. The molecule has 2 N–H and O–H groups in total. The number of amides is 4. The molecule has 0 aliphatic carbocycles. The van der Waals surface area contributed by atoms with Crippen molar-refractivity contribution in [1.29, 1.82) is 0 Å². The van der Waals surface area contributed by atoms with Crippen LogP contribution in [0.25, 0.3) is 22.9 Å². The van der Waals surface area contributed by atoms with Crippen LogP contribution in [0.15, 0.2) is 52.9 Å². The number of rotatable bonds is 10. The molecule has 13 nitrogen and oxygen atoms in total. The standard InChI is InChI=1S/C36H42N6O7/c43-31(21-27-5-1-17-41(27)35(45)29-7-3-19-47-29)37-25-13-9-23(10-14-25)33-39-40-34(49-33)24-11-15-26(16-12-24)38-32(44)22-28-6-2-18-42(28)36(46)30-8-4-20-48-30/h9-16,27-30H,1-8,17-22H2,(H,37,43)(H,38,44)/t27-,28-,29-,30-/m0/s1. The molecule has 0 radical (unpaired) electrons. The maximum atomic E-state index is 12.9. The molecule has 4 aliphatic heterocycles. The first-order valence-electron chi connectivity index (χ1n) is 17.4. The van der Waals surface area contributed by atoms with E-state index in [1.165, 1.54) is 0 Å². The second-order valence-corrected chi connectivity index (χ2v) is 13.2. The van der Waals surface area contributed by atoms with E-state index in [1.807, 2.05) is 9.80 Å². The number of benzene rings is 2. The Morgan fingerprint density at radius 3 is 1.43 bits per heavy atom. The van der Waals surface area contributed by atoms with E-state index in [2.05, 4.69) is 20.8 Å². The van der Waals surface area contributed by atoms with Crippen LogP contribution >= 0.6 is 0 Å². The summed E-state index contributed by atoms with van der Waals surface area (Å²) < 4.78 is 17.1. The fourth-order valence-corrected chi connectivity index (χ4v) is 7.29. The third-order valence-electron chi connectivity index (χ3n) is 9.83. The second-order valence-electron chi connectivity index (χ2n) is 13.2. The van der Waals surface area contributed by atoms with Crippen molar-refractivity contribution in [2.24, 2.45) is 0 Å². The smallest absolute Gasteiger partial charge is 0.251 e. The van der Waals surface area contributed by atoms with Gasteiger partial charge in [-0.15, -0.1) is 10.2 Å². The van der Waals surface area contributed by atoms with Gasteiger partial charge in [0.15, 0.2) is 0 Å². The normalized spacial score (nSPS) is 23.6. The summed E-state index contributed by atoms with van der Waals surface area (Å²) in [7, 11) is 0. The number of carbonyl (C=O) groups is 4. The van der Waals surface area contributed by atoms with Gasteiger partial charge in [-0.3, -0.25) is 19.2 Å². The molecule has 7 rings (SSSR count). The van der Waals surface area contributed by atoms with Crippen molar-refractivity contribution < 1.29 is 33.1 Å². The lowest BCUT2D eigenvalue weighted by atomic mass is 10.1. The molecule has 49 heavy (non-hydrogen) atoms. The van der Waals surface area contributed by atoms with Gasteiger partial charge >= 0.3 is 0 Å². The molecule has 1 aromatic heterocycles. The summed E-state index contributed by atoms with van der Waals surface area (Å²) in [5.74, 6) is 0.386. The highest BCUT2D eigenvalue weighted by molar-refractivity contribution is 5.93. The predicted octanol–water partition coefficient (Wildman–Crippen LogP) is 4.40. The van der Waals surface area contributed by atoms with Crippen molar-refractivity contribution in [3.05, 3.63) is 48.5 Å². The number of hydrogen-bond donors (Lipinski definition) is 2. The summed E-state index contributed by atoms with van der Waals surface area (Å²) in [5.41, 5.74) is 2.67. The van der Waals surface area contributed by atoms with Crippen LogP contribution in [0.4, 0.5) is 11.4 Å². The molecule has 0 spiro atoms. The van der Waals surface area contributed by atoms with Crippen LogP contribution in [0.3, 0.4) is 0 Å². The molecule has 0 saturated carbocycles. The van der Waals surface area contributed by atoms with Crippen molar-refractivity contribution in [3.63, 3.8) is 0 Å². The van der Waals surface area contributed by atoms with E-state index >= 15 is 0 Å². The monoisotopic (exact) mass is 670 g/mol. The molecule has 4 atom stereocenters. The first kappa shape index (κ1) is 32.9. The Morgan fingerprint density at radius 2 is 1.04 bits per heavy atom. The lowest BCUT2D eigenvalue weighted by Crippen LogP contribution is -2.43.